The topological polar surface area (TPSA) is 50.9 Å². The van der Waals surface area contributed by atoms with Gasteiger partial charge in [0.25, 0.3) is 0 Å². The second kappa shape index (κ2) is 3.90. The van der Waals surface area contributed by atoms with E-state index in [1.165, 1.54) is 18.4 Å². The normalized spacial score (nSPS) is 27.2. The van der Waals surface area contributed by atoms with Crippen LogP contribution >= 0.6 is 0 Å². The zero-order chi connectivity index (χ0) is 12.8. The number of benzene rings is 1. The molecule has 3 rings (SSSR count). The Balaban J connectivity index is 2.04. The van der Waals surface area contributed by atoms with Crippen LogP contribution in [0.5, 0.6) is 5.75 Å². The highest BCUT2D eigenvalue weighted by Gasteiger charge is 2.47. The number of methoxy groups -OCH3 is 1. The van der Waals surface area contributed by atoms with Crippen molar-refractivity contribution < 1.29 is 4.74 Å². The smallest absolute Gasteiger partial charge is 0.192 e. The number of nitrogens with two attached hydrogens (primary N) is 1. The minimum atomic E-state index is -0.169. The van der Waals surface area contributed by atoms with Crippen molar-refractivity contribution in [2.75, 3.05) is 13.7 Å². The second-order valence-electron chi connectivity index (χ2n) is 5.25. The Bertz CT molecular complexity index is 496. The van der Waals surface area contributed by atoms with Crippen molar-refractivity contribution in [1.29, 1.82) is 0 Å². The second-order valence-corrected chi connectivity index (χ2v) is 5.25. The number of aliphatic imine (C=N–C) groups is 1. The predicted molar refractivity (Wildman–Crippen MR) is 71.7 cm³/mol. The zero-order valence-electron chi connectivity index (χ0n) is 10.9. The van der Waals surface area contributed by atoms with Crippen LogP contribution in [0.3, 0.4) is 0 Å². The summed E-state index contributed by atoms with van der Waals surface area (Å²) in [6.07, 6.45) is 2.42. The molecular weight excluding hydrogens is 226 g/mol. The lowest BCUT2D eigenvalue weighted by molar-refractivity contribution is 0.209. The number of para-hydroxylation sites is 1. The maximum Gasteiger partial charge on any atom is 0.192 e. The zero-order valence-corrected chi connectivity index (χ0v) is 10.9. The molecule has 18 heavy (non-hydrogen) atoms. The summed E-state index contributed by atoms with van der Waals surface area (Å²) < 4.78 is 5.49. The van der Waals surface area contributed by atoms with Gasteiger partial charge >= 0.3 is 0 Å². The molecule has 0 spiro atoms. The fraction of sp³-hybridized carbons (Fsp3) is 0.500. The van der Waals surface area contributed by atoms with Crippen LogP contribution in [0.15, 0.2) is 29.3 Å². The summed E-state index contributed by atoms with van der Waals surface area (Å²) >= 11 is 0. The van der Waals surface area contributed by atoms with Gasteiger partial charge in [-0.05, 0) is 25.8 Å². The fourth-order valence-electron chi connectivity index (χ4n) is 2.87. The highest BCUT2D eigenvalue weighted by Crippen LogP contribution is 2.43. The van der Waals surface area contributed by atoms with Gasteiger partial charge in [0.15, 0.2) is 5.96 Å². The third-order valence-electron chi connectivity index (χ3n) is 3.93. The van der Waals surface area contributed by atoms with Crippen LogP contribution in [0.4, 0.5) is 0 Å². The Labute approximate surface area is 107 Å². The molecular formula is C14H19N3O. The Morgan fingerprint density at radius 1 is 1.39 bits per heavy atom. The first-order chi connectivity index (χ1) is 8.66. The van der Waals surface area contributed by atoms with Crippen LogP contribution < -0.4 is 10.5 Å². The summed E-state index contributed by atoms with van der Waals surface area (Å²) in [5.41, 5.74) is 7.06. The Hall–Kier alpha value is -1.71. The molecule has 1 aliphatic carbocycles. The van der Waals surface area contributed by atoms with Crippen molar-refractivity contribution in [1.82, 2.24) is 4.90 Å². The molecule has 1 aromatic carbocycles. The minimum Gasteiger partial charge on any atom is -0.496 e. The van der Waals surface area contributed by atoms with E-state index in [0.29, 0.717) is 18.5 Å². The number of guanidine groups is 1. The van der Waals surface area contributed by atoms with E-state index in [1.807, 2.05) is 18.2 Å². The van der Waals surface area contributed by atoms with Gasteiger partial charge in [-0.25, -0.2) is 0 Å². The third kappa shape index (κ3) is 1.55. The van der Waals surface area contributed by atoms with E-state index in [0.717, 1.165) is 5.75 Å². The van der Waals surface area contributed by atoms with Crippen LogP contribution in [-0.2, 0) is 5.54 Å². The Kier molecular flexibility index (Phi) is 2.47. The minimum absolute atomic E-state index is 0.169. The largest absolute Gasteiger partial charge is 0.496 e. The quantitative estimate of drug-likeness (QED) is 0.882. The summed E-state index contributed by atoms with van der Waals surface area (Å²) in [4.78, 5) is 6.72. The molecule has 1 unspecified atom stereocenters. The first kappa shape index (κ1) is 11.4. The van der Waals surface area contributed by atoms with Gasteiger partial charge < -0.3 is 15.4 Å². The molecule has 4 heteroatoms. The Morgan fingerprint density at radius 3 is 2.78 bits per heavy atom. The summed E-state index contributed by atoms with van der Waals surface area (Å²) in [6.45, 7) is 2.90. The van der Waals surface area contributed by atoms with Gasteiger partial charge in [-0.15, -0.1) is 0 Å². The number of hydrogen-bond acceptors (Lipinski definition) is 4. The molecule has 4 nitrogen and oxygen atoms in total. The first-order valence-corrected chi connectivity index (χ1v) is 6.39. The molecule has 2 N–H and O–H groups in total. The maximum absolute atomic E-state index is 6.06. The van der Waals surface area contributed by atoms with E-state index in [9.17, 15) is 0 Å². The van der Waals surface area contributed by atoms with E-state index in [4.69, 9.17) is 10.5 Å². The lowest BCUT2D eigenvalue weighted by Gasteiger charge is -2.37. The molecule has 1 aromatic rings. The van der Waals surface area contributed by atoms with Crippen molar-refractivity contribution in [3.8, 4) is 5.75 Å². The number of nitrogens with zero attached hydrogens (tertiary/aromatic N) is 2. The van der Waals surface area contributed by atoms with Crippen LogP contribution in [-0.4, -0.2) is 30.6 Å². The van der Waals surface area contributed by atoms with Crippen LogP contribution in [0.25, 0.3) is 0 Å². The molecule has 0 radical (unpaired) electrons. The van der Waals surface area contributed by atoms with Crippen LogP contribution in [0, 0.1) is 0 Å². The highest BCUT2D eigenvalue weighted by molar-refractivity contribution is 5.82. The van der Waals surface area contributed by atoms with E-state index in [1.54, 1.807) is 7.11 Å². The molecule has 1 heterocycles. The average Bonchev–Trinajstić information content (AvgIpc) is 3.16. The summed E-state index contributed by atoms with van der Waals surface area (Å²) in [7, 11) is 1.71. The van der Waals surface area contributed by atoms with Crippen molar-refractivity contribution in [3.05, 3.63) is 29.8 Å². The van der Waals surface area contributed by atoms with Crippen LogP contribution in [0.1, 0.15) is 25.3 Å². The van der Waals surface area contributed by atoms with Gasteiger partial charge in [0, 0.05) is 11.6 Å². The molecule has 1 aliphatic heterocycles. The van der Waals surface area contributed by atoms with E-state index >= 15 is 0 Å². The molecule has 2 aliphatic rings. The molecule has 96 valence electrons. The van der Waals surface area contributed by atoms with Gasteiger partial charge in [0.1, 0.15) is 5.75 Å². The number of ether oxygens (including phenoxy) is 1. The lowest BCUT2D eigenvalue weighted by Crippen LogP contribution is -2.48. The molecule has 1 fully saturated rings. The van der Waals surface area contributed by atoms with Crippen molar-refractivity contribution >= 4 is 5.96 Å². The van der Waals surface area contributed by atoms with Gasteiger partial charge in [-0.3, -0.25) is 4.99 Å². The first-order valence-electron chi connectivity index (χ1n) is 6.39. The Morgan fingerprint density at radius 2 is 2.11 bits per heavy atom. The molecule has 0 bridgehead atoms. The van der Waals surface area contributed by atoms with E-state index < -0.39 is 0 Å². The van der Waals surface area contributed by atoms with E-state index in [2.05, 4.69) is 22.9 Å². The molecule has 1 saturated carbocycles. The molecule has 0 aromatic heterocycles. The summed E-state index contributed by atoms with van der Waals surface area (Å²) in [6, 6.07) is 8.70. The SMILES string of the molecule is COc1ccccc1C1(C)CN=C(N)N1C1CC1. The van der Waals surface area contributed by atoms with Gasteiger partial charge in [-0.2, -0.15) is 0 Å². The third-order valence-corrected chi connectivity index (χ3v) is 3.93. The molecule has 0 amide bonds. The monoisotopic (exact) mass is 245 g/mol. The van der Waals surface area contributed by atoms with Gasteiger partial charge in [0.05, 0.1) is 19.2 Å². The number of rotatable bonds is 3. The molecule has 1 atom stereocenters. The molecule has 0 saturated heterocycles. The van der Waals surface area contributed by atoms with E-state index in [-0.39, 0.29) is 5.54 Å². The van der Waals surface area contributed by atoms with Gasteiger partial charge in [-0.1, -0.05) is 18.2 Å². The lowest BCUT2D eigenvalue weighted by atomic mass is 9.90. The highest BCUT2D eigenvalue weighted by atomic mass is 16.5. The van der Waals surface area contributed by atoms with Crippen molar-refractivity contribution in [3.63, 3.8) is 0 Å². The maximum atomic E-state index is 6.06. The van der Waals surface area contributed by atoms with Crippen molar-refractivity contribution in [2.45, 2.75) is 31.3 Å². The average molecular weight is 245 g/mol. The predicted octanol–water partition coefficient (Wildman–Crippen LogP) is 1.70. The summed E-state index contributed by atoms with van der Waals surface area (Å²) in [5.74, 6) is 1.58. The number of hydrogen-bond donors (Lipinski definition) is 1. The summed E-state index contributed by atoms with van der Waals surface area (Å²) in [5, 5.41) is 0. The van der Waals surface area contributed by atoms with Gasteiger partial charge in [0.2, 0.25) is 0 Å². The standard InChI is InChI=1S/C14H19N3O/c1-14(11-5-3-4-6-12(11)18-2)9-16-13(15)17(14)10-7-8-10/h3-6,10H,7-9H2,1-2H3,(H2,15,16). The fourth-order valence-corrected chi connectivity index (χ4v) is 2.87. The van der Waals surface area contributed by atoms with Crippen LogP contribution in [0.2, 0.25) is 0 Å². The van der Waals surface area contributed by atoms with Crippen molar-refractivity contribution in [2.24, 2.45) is 10.7 Å².